The number of rotatable bonds is 1. The molecule has 0 radical (unpaired) electrons. The second kappa shape index (κ2) is 3.35. The molecule has 0 heterocycles. The Morgan fingerprint density at radius 2 is 1.83 bits per heavy atom. The highest BCUT2D eigenvalue weighted by Crippen LogP contribution is 2.35. The Morgan fingerprint density at radius 1 is 1.25 bits per heavy atom. The van der Waals surface area contributed by atoms with Gasteiger partial charge in [-0.05, 0) is 32.6 Å². The number of hydrogen-bond donors (Lipinski definition) is 2. The molecular weight excluding hydrogens is 152 g/mol. The van der Waals surface area contributed by atoms with Crippen LogP contribution in [0.1, 0.15) is 40.0 Å². The highest BCUT2D eigenvalue weighted by molar-refractivity contribution is 4.87. The van der Waals surface area contributed by atoms with E-state index >= 15 is 0 Å². The van der Waals surface area contributed by atoms with E-state index in [2.05, 4.69) is 6.92 Å². The van der Waals surface area contributed by atoms with Gasteiger partial charge in [0.05, 0.1) is 11.7 Å². The summed E-state index contributed by atoms with van der Waals surface area (Å²) in [6, 6.07) is 0. The quantitative estimate of drug-likeness (QED) is 0.630. The Labute approximate surface area is 74.6 Å². The first-order valence-electron chi connectivity index (χ1n) is 4.81. The van der Waals surface area contributed by atoms with Gasteiger partial charge in [0.15, 0.2) is 0 Å². The molecule has 3 atom stereocenters. The summed E-state index contributed by atoms with van der Waals surface area (Å²) in [4.78, 5) is 0. The molecule has 1 unspecified atom stereocenters. The van der Waals surface area contributed by atoms with Gasteiger partial charge in [-0.1, -0.05) is 13.3 Å². The van der Waals surface area contributed by atoms with E-state index in [0.717, 1.165) is 19.3 Å². The van der Waals surface area contributed by atoms with Crippen LogP contribution in [-0.4, -0.2) is 21.9 Å². The SMILES string of the molecule is CC1CC[C@@H](C(C)(C)O)[C@H](O)C1. The third kappa shape index (κ3) is 2.20. The standard InChI is InChI=1S/C10H20O2/c1-7-4-5-8(9(11)6-7)10(2,3)12/h7-9,11-12H,4-6H2,1-3H3/t7?,8-,9-/m1/s1. The fourth-order valence-corrected chi connectivity index (χ4v) is 2.17. The van der Waals surface area contributed by atoms with Crippen molar-refractivity contribution in [2.75, 3.05) is 0 Å². The average Bonchev–Trinajstić information content (AvgIpc) is 1.83. The molecule has 2 heteroatoms. The summed E-state index contributed by atoms with van der Waals surface area (Å²) in [5, 5.41) is 19.5. The summed E-state index contributed by atoms with van der Waals surface area (Å²) in [7, 11) is 0. The van der Waals surface area contributed by atoms with Crippen molar-refractivity contribution in [2.24, 2.45) is 11.8 Å². The Bertz CT molecular complexity index is 148. The van der Waals surface area contributed by atoms with Gasteiger partial charge in [0.1, 0.15) is 0 Å². The molecular formula is C10H20O2. The molecule has 0 aromatic carbocycles. The van der Waals surface area contributed by atoms with Crippen LogP contribution in [0.3, 0.4) is 0 Å². The summed E-state index contributed by atoms with van der Waals surface area (Å²) < 4.78 is 0. The number of aliphatic hydroxyl groups is 2. The smallest absolute Gasteiger partial charge is 0.0644 e. The van der Waals surface area contributed by atoms with Crippen LogP contribution in [0, 0.1) is 11.8 Å². The molecule has 1 rings (SSSR count). The van der Waals surface area contributed by atoms with Crippen molar-refractivity contribution in [3.63, 3.8) is 0 Å². The number of hydrogen-bond acceptors (Lipinski definition) is 2. The van der Waals surface area contributed by atoms with Crippen LogP contribution < -0.4 is 0 Å². The second-order valence-corrected chi connectivity index (χ2v) is 4.75. The van der Waals surface area contributed by atoms with Gasteiger partial charge in [-0.25, -0.2) is 0 Å². The van der Waals surface area contributed by atoms with Gasteiger partial charge < -0.3 is 10.2 Å². The Hall–Kier alpha value is -0.0800. The van der Waals surface area contributed by atoms with E-state index in [4.69, 9.17) is 0 Å². The molecule has 1 saturated carbocycles. The van der Waals surface area contributed by atoms with Crippen LogP contribution >= 0.6 is 0 Å². The zero-order chi connectivity index (χ0) is 9.35. The third-order valence-electron chi connectivity index (χ3n) is 2.99. The highest BCUT2D eigenvalue weighted by atomic mass is 16.3. The molecule has 0 aromatic heterocycles. The minimum atomic E-state index is -0.723. The van der Waals surface area contributed by atoms with Crippen LogP contribution in [0.25, 0.3) is 0 Å². The predicted octanol–water partition coefficient (Wildman–Crippen LogP) is 1.55. The lowest BCUT2D eigenvalue weighted by Crippen LogP contribution is -2.42. The molecule has 1 aliphatic carbocycles. The highest BCUT2D eigenvalue weighted by Gasteiger charge is 2.36. The molecule has 0 amide bonds. The molecule has 0 bridgehead atoms. The second-order valence-electron chi connectivity index (χ2n) is 4.75. The van der Waals surface area contributed by atoms with Crippen LogP contribution in [0.5, 0.6) is 0 Å². The van der Waals surface area contributed by atoms with Crippen LogP contribution in [0.2, 0.25) is 0 Å². The minimum Gasteiger partial charge on any atom is -0.393 e. The monoisotopic (exact) mass is 172 g/mol. The fourth-order valence-electron chi connectivity index (χ4n) is 2.17. The average molecular weight is 172 g/mol. The normalized spacial score (nSPS) is 38.2. The van der Waals surface area contributed by atoms with Crippen molar-refractivity contribution < 1.29 is 10.2 Å². The maximum atomic E-state index is 9.74. The van der Waals surface area contributed by atoms with Crippen molar-refractivity contribution in [1.82, 2.24) is 0 Å². The van der Waals surface area contributed by atoms with Crippen molar-refractivity contribution in [1.29, 1.82) is 0 Å². The maximum Gasteiger partial charge on any atom is 0.0644 e. The van der Waals surface area contributed by atoms with E-state index in [1.54, 1.807) is 13.8 Å². The summed E-state index contributed by atoms with van der Waals surface area (Å²) in [5.41, 5.74) is -0.723. The zero-order valence-electron chi connectivity index (χ0n) is 8.25. The van der Waals surface area contributed by atoms with Gasteiger partial charge in [-0.15, -0.1) is 0 Å². The molecule has 0 saturated heterocycles. The maximum absolute atomic E-state index is 9.74. The van der Waals surface area contributed by atoms with Crippen molar-refractivity contribution in [3.8, 4) is 0 Å². The fraction of sp³-hybridized carbons (Fsp3) is 1.00. The van der Waals surface area contributed by atoms with Crippen LogP contribution in [0.15, 0.2) is 0 Å². The lowest BCUT2D eigenvalue weighted by Gasteiger charge is -2.38. The predicted molar refractivity (Wildman–Crippen MR) is 48.8 cm³/mol. The van der Waals surface area contributed by atoms with E-state index in [9.17, 15) is 10.2 Å². The molecule has 12 heavy (non-hydrogen) atoms. The van der Waals surface area contributed by atoms with E-state index in [1.807, 2.05) is 0 Å². The Kier molecular flexibility index (Phi) is 2.79. The topological polar surface area (TPSA) is 40.5 Å². The molecule has 1 aliphatic rings. The van der Waals surface area contributed by atoms with Gasteiger partial charge in [0.2, 0.25) is 0 Å². The summed E-state index contributed by atoms with van der Waals surface area (Å²) in [5.74, 6) is 0.673. The minimum absolute atomic E-state index is 0.0636. The van der Waals surface area contributed by atoms with Crippen molar-refractivity contribution in [3.05, 3.63) is 0 Å². The first kappa shape index (κ1) is 10.0. The first-order chi connectivity index (χ1) is 5.41. The van der Waals surface area contributed by atoms with Crippen molar-refractivity contribution >= 4 is 0 Å². The molecule has 0 spiro atoms. The zero-order valence-corrected chi connectivity index (χ0v) is 8.25. The van der Waals surface area contributed by atoms with Gasteiger partial charge in [-0.3, -0.25) is 0 Å². The lowest BCUT2D eigenvalue weighted by atomic mass is 9.73. The summed E-state index contributed by atoms with van der Waals surface area (Å²) in [6.07, 6.45) is 2.61. The van der Waals surface area contributed by atoms with Crippen molar-refractivity contribution in [2.45, 2.75) is 51.7 Å². The number of aliphatic hydroxyl groups excluding tert-OH is 1. The molecule has 2 N–H and O–H groups in total. The molecule has 72 valence electrons. The van der Waals surface area contributed by atoms with E-state index in [1.165, 1.54) is 0 Å². The first-order valence-corrected chi connectivity index (χ1v) is 4.81. The molecule has 0 aromatic rings. The molecule has 2 nitrogen and oxygen atoms in total. The van der Waals surface area contributed by atoms with Crippen LogP contribution in [0.4, 0.5) is 0 Å². The van der Waals surface area contributed by atoms with Gasteiger partial charge >= 0.3 is 0 Å². The van der Waals surface area contributed by atoms with Gasteiger partial charge in [0, 0.05) is 5.92 Å². The lowest BCUT2D eigenvalue weighted by molar-refractivity contribution is -0.0730. The summed E-state index contributed by atoms with van der Waals surface area (Å²) >= 11 is 0. The van der Waals surface area contributed by atoms with Gasteiger partial charge in [0.25, 0.3) is 0 Å². The largest absolute Gasteiger partial charge is 0.393 e. The Morgan fingerprint density at radius 3 is 2.25 bits per heavy atom. The Balaban J connectivity index is 2.57. The van der Waals surface area contributed by atoms with E-state index in [-0.39, 0.29) is 12.0 Å². The third-order valence-corrected chi connectivity index (χ3v) is 2.99. The van der Waals surface area contributed by atoms with E-state index < -0.39 is 5.60 Å². The van der Waals surface area contributed by atoms with E-state index in [0.29, 0.717) is 5.92 Å². The summed E-state index contributed by atoms with van der Waals surface area (Å²) in [6.45, 7) is 5.73. The van der Waals surface area contributed by atoms with Crippen LogP contribution in [-0.2, 0) is 0 Å². The van der Waals surface area contributed by atoms with Gasteiger partial charge in [-0.2, -0.15) is 0 Å². The molecule has 1 fully saturated rings. The molecule has 0 aliphatic heterocycles.